The summed E-state index contributed by atoms with van der Waals surface area (Å²) in [5, 5.41) is 27.7. The van der Waals surface area contributed by atoms with Gasteiger partial charge in [0.2, 0.25) is 0 Å². The molecule has 4 rings (SSSR count). The molecule has 0 aliphatic carbocycles. The Labute approximate surface area is 167 Å². The number of hydrogen-bond acceptors (Lipinski definition) is 8. The third-order valence-electron chi connectivity index (χ3n) is 4.93. The largest absolute Gasteiger partial charge is 0.365 e. The lowest BCUT2D eigenvalue weighted by molar-refractivity contribution is -0.384. The molecule has 2 N–H and O–H groups in total. The maximum absolute atomic E-state index is 11.7. The fourth-order valence-electron chi connectivity index (χ4n) is 3.41. The second kappa shape index (κ2) is 8.08. The molecule has 1 aliphatic rings. The van der Waals surface area contributed by atoms with Crippen molar-refractivity contribution in [2.45, 2.75) is 6.54 Å². The van der Waals surface area contributed by atoms with E-state index in [1.165, 1.54) is 6.33 Å². The Hall–Kier alpha value is -3.77. The maximum Gasteiger partial charge on any atom is 0.293 e. The summed E-state index contributed by atoms with van der Waals surface area (Å²) < 4.78 is 0. The number of anilines is 2. The smallest absolute Gasteiger partial charge is 0.293 e. The molecule has 3 aromatic rings. The second-order valence-electron chi connectivity index (χ2n) is 6.74. The van der Waals surface area contributed by atoms with Crippen molar-refractivity contribution in [2.75, 3.05) is 36.4 Å². The number of nitrogens with one attached hydrogen (secondary N) is 2. The topological polar surface area (TPSA) is 120 Å². The second-order valence-corrected chi connectivity index (χ2v) is 6.74. The summed E-state index contributed by atoms with van der Waals surface area (Å²) in [5.74, 6) is 0.536. The zero-order valence-electron chi connectivity index (χ0n) is 15.6. The van der Waals surface area contributed by atoms with E-state index in [0.29, 0.717) is 47.6 Å². The van der Waals surface area contributed by atoms with Gasteiger partial charge in [0.25, 0.3) is 5.69 Å². The Kier molecular flexibility index (Phi) is 5.18. The van der Waals surface area contributed by atoms with Crippen molar-refractivity contribution in [3.05, 3.63) is 64.0 Å². The van der Waals surface area contributed by atoms with E-state index in [9.17, 15) is 10.1 Å². The van der Waals surface area contributed by atoms with E-state index in [1.807, 2.05) is 17.0 Å². The van der Waals surface area contributed by atoms with Crippen LogP contribution in [0.15, 0.2) is 42.7 Å². The highest BCUT2D eigenvalue weighted by Crippen LogP contribution is 2.34. The van der Waals surface area contributed by atoms with Gasteiger partial charge in [-0.05, 0) is 23.8 Å². The molecular formula is C20H19N7O2. The molecule has 0 unspecified atom stereocenters. The van der Waals surface area contributed by atoms with Gasteiger partial charge in [-0.15, -0.1) is 0 Å². The number of fused-ring (bicyclic) bond motifs is 1. The van der Waals surface area contributed by atoms with E-state index >= 15 is 0 Å². The Balaban J connectivity index is 1.67. The van der Waals surface area contributed by atoms with E-state index in [0.717, 1.165) is 18.7 Å². The molecule has 146 valence electrons. The lowest BCUT2D eigenvalue weighted by Crippen LogP contribution is -2.43. The standard InChI is InChI=1S/C20H19N7O2/c21-11-14-1-3-15(4-2-14)12-23-20-16-9-19(27(28)29)18(10-17(16)24-13-25-20)26-7-5-22-6-8-26/h1-4,9-10,13,22H,5-8,12H2,(H,23,24,25). The monoisotopic (exact) mass is 389 g/mol. The minimum Gasteiger partial charge on any atom is -0.365 e. The van der Waals surface area contributed by atoms with Gasteiger partial charge in [-0.3, -0.25) is 10.1 Å². The number of nitro benzene ring substituents is 1. The molecular weight excluding hydrogens is 370 g/mol. The van der Waals surface area contributed by atoms with E-state index in [4.69, 9.17) is 5.26 Å². The molecule has 0 amide bonds. The molecule has 1 fully saturated rings. The summed E-state index contributed by atoms with van der Waals surface area (Å²) in [5.41, 5.74) is 2.86. The molecule has 9 nitrogen and oxygen atoms in total. The first-order chi connectivity index (χ1) is 14.2. The van der Waals surface area contributed by atoms with Crippen LogP contribution < -0.4 is 15.5 Å². The van der Waals surface area contributed by atoms with Gasteiger partial charge in [-0.25, -0.2) is 9.97 Å². The number of piperazine rings is 1. The molecule has 1 saturated heterocycles. The summed E-state index contributed by atoms with van der Waals surface area (Å²) in [6, 6.07) is 12.6. The zero-order valence-corrected chi connectivity index (χ0v) is 15.6. The lowest BCUT2D eigenvalue weighted by Gasteiger charge is -2.29. The third kappa shape index (κ3) is 3.93. The number of nitriles is 1. The van der Waals surface area contributed by atoms with E-state index in [-0.39, 0.29) is 10.6 Å². The molecule has 0 saturated carbocycles. The first-order valence-corrected chi connectivity index (χ1v) is 9.27. The Bertz CT molecular complexity index is 1090. The molecule has 1 aliphatic heterocycles. The van der Waals surface area contributed by atoms with Crippen LogP contribution in [0.3, 0.4) is 0 Å². The van der Waals surface area contributed by atoms with Crippen molar-refractivity contribution in [1.29, 1.82) is 5.26 Å². The Morgan fingerprint density at radius 2 is 1.97 bits per heavy atom. The average Bonchev–Trinajstić information content (AvgIpc) is 2.77. The van der Waals surface area contributed by atoms with Gasteiger partial charge in [0.1, 0.15) is 17.8 Å². The molecule has 29 heavy (non-hydrogen) atoms. The number of aromatic nitrogens is 2. The summed E-state index contributed by atoms with van der Waals surface area (Å²) in [4.78, 5) is 22.0. The van der Waals surface area contributed by atoms with Gasteiger partial charge < -0.3 is 15.5 Å². The zero-order chi connectivity index (χ0) is 20.2. The fraction of sp³-hybridized carbons (Fsp3) is 0.250. The Morgan fingerprint density at radius 1 is 1.21 bits per heavy atom. The summed E-state index contributed by atoms with van der Waals surface area (Å²) in [6.45, 7) is 3.47. The van der Waals surface area contributed by atoms with Crippen molar-refractivity contribution < 1.29 is 4.92 Å². The molecule has 0 atom stereocenters. The normalized spacial score (nSPS) is 13.8. The number of benzene rings is 2. The van der Waals surface area contributed by atoms with E-state index in [1.54, 1.807) is 24.3 Å². The molecule has 0 spiro atoms. The highest BCUT2D eigenvalue weighted by Gasteiger charge is 2.23. The van der Waals surface area contributed by atoms with Crippen LogP contribution in [0.25, 0.3) is 10.9 Å². The van der Waals surface area contributed by atoms with Crippen LogP contribution in [0.2, 0.25) is 0 Å². The van der Waals surface area contributed by atoms with Gasteiger partial charge in [-0.2, -0.15) is 5.26 Å². The van der Waals surface area contributed by atoms with Crippen LogP contribution in [-0.2, 0) is 6.54 Å². The summed E-state index contributed by atoms with van der Waals surface area (Å²) >= 11 is 0. The Morgan fingerprint density at radius 3 is 2.66 bits per heavy atom. The van der Waals surface area contributed by atoms with Crippen LogP contribution in [0.1, 0.15) is 11.1 Å². The number of rotatable bonds is 5. The number of nitrogens with zero attached hydrogens (tertiary/aromatic N) is 5. The number of nitro groups is 1. The molecule has 1 aromatic heterocycles. The predicted molar refractivity (Wildman–Crippen MR) is 110 cm³/mol. The van der Waals surface area contributed by atoms with Crippen molar-refractivity contribution in [3.8, 4) is 6.07 Å². The SMILES string of the molecule is N#Cc1ccc(CNc2ncnc3cc(N4CCNCC4)c([N+](=O)[O-])cc23)cc1. The van der Waals surface area contributed by atoms with Gasteiger partial charge >= 0.3 is 0 Å². The number of hydrogen-bond donors (Lipinski definition) is 2. The van der Waals surface area contributed by atoms with Crippen molar-refractivity contribution in [3.63, 3.8) is 0 Å². The van der Waals surface area contributed by atoms with Crippen LogP contribution in [0.4, 0.5) is 17.2 Å². The van der Waals surface area contributed by atoms with Gasteiger partial charge in [0, 0.05) is 44.2 Å². The predicted octanol–water partition coefficient (Wildman–Crippen LogP) is 2.43. The maximum atomic E-state index is 11.7. The minimum absolute atomic E-state index is 0.0515. The first-order valence-electron chi connectivity index (χ1n) is 9.27. The quantitative estimate of drug-likeness (QED) is 0.504. The van der Waals surface area contributed by atoms with Crippen LogP contribution in [-0.4, -0.2) is 41.1 Å². The van der Waals surface area contributed by atoms with Gasteiger partial charge in [-0.1, -0.05) is 12.1 Å². The van der Waals surface area contributed by atoms with Gasteiger partial charge in [0.15, 0.2) is 0 Å². The van der Waals surface area contributed by atoms with Crippen LogP contribution in [0, 0.1) is 21.4 Å². The van der Waals surface area contributed by atoms with Crippen molar-refractivity contribution >= 4 is 28.1 Å². The molecule has 2 heterocycles. The van der Waals surface area contributed by atoms with Gasteiger partial charge in [0.05, 0.1) is 22.1 Å². The van der Waals surface area contributed by atoms with E-state index < -0.39 is 0 Å². The average molecular weight is 389 g/mol. The minimum atomic E-state index is -0.353. The molecule has 0 bridgehead atoms. The lowest BCUT2D eigenvalue weighted by atomic mass is 10.1. The van der Waals surface area contributed by atoms with Crippen LogP contribution in [0.5, 0.6) is 0 Å². The highest BCUT2D eigenvalue weighted by atomic mass is 16.6. The molecule has 2 aromatic carbocycles. The summed E-state index contributed by atoms with van der Waals surface area (Å²) in [7, 11) is 0. The molecule has 9 heteroatoms. The van der Waals surface area contributed by atoms with Crippen molar-refractivity contribution in [2.24, 2.45) is 0 Å². The third-order valence-corrected chi connectivity index (χ3v) is 4.93. The highest BCUT2D eigenvalue weighted by molar-refractivity contribution is 5.94. The van der Waals surface area contributed by atoms with E-state index in [2.05, 4.69) is 26.7 Å². The van der Waals surface area contributed by atoms with Crippen molar-refractivity contribution in [1.82, 2.24) is 15.3 Å². The summed E-state index contributed by atoms with van der Waals surface area (Å²) in [6.07, 6.45) is 1.46. The fourth-order valence-corrected chi connectivity index (χ4v) is 3.41. The van der Waals surface area contributed by atoms with Crippen LogP contribution >= 0.6 is 0 Å². The first kappa shape index (κ1) is 18.6. The molecule has 0 radical (unpaired) electrons.